The molecule has 1 N–H and O–H groups in total. The Balaban J connectivity index is 0.000000376. The molecule has 2 heterocycles. The van der Waals surface area contributed by atoms with E-state index in [2.05, 4.69) is 96.6 Å². The number of nitrogens with zero attached hydrogens (tertiary/aromatic N) is 2. The van der Waals surface area contributed by atoms with Gasteiger partial charge in [0.2, 0.25) is 6.41 Å². The summed E-state index contributed by atoms with van der Waals surface area (Å²) in [5.41, 5.74) is 0. The number of rotatable bonds is 7. The van der Waals surface area contributed by atoms with Crippen LogP contribution in [0.15, 0.2) is 72.2 Å². The molecule has 0 spiro atoms. The van der Waals surface area contributed by atoms with Gasteiger partial charge in [-0.15, -0.1) is 11.3 Å². The molecular formula is C26H33N3O2SSi. The van der Waals surface area contributed by atoms with E-state index in [4.69, 9.17) is 4.43 Å². The summed E-state index contributed by atoms with van der Waals surface area (Å²) in [5.74, 6) is 0. The zero-order chi connectivity index (χ0) is 23.3. The summed E-state index contributed by atoms with van der Waals surface area (Å²) in [5, 5.41) is 8.48. The first kappa shape index (κ1) is 23.7. The predicted molar refractivity (Wildman–Crippen MR) is 139 cm³/mol. The van der Waals surface area contributed by atoms with Crippen LogP contribution in [0.4, 0.5) is 5.13 Å². The number of carbonyl (C=O) groups is 1. The Morgan fingerprint density at radius 1 is 1.03 bits per heavy atom. The normalized spacial score (nSPS) is 16.4. The van der Waals surface area contributed by atoms with E-state index in [1.54, 1.807) is 11.3 Å². The van der Waals surface area contributed by atoms with Gasteiger partial charge in [-0.3, -0.25) is 4.79 Å². The number of thiazole rings is 1. The molecule has 1 saturated heterocycles. The van der Waals surface area contributed by atoms with Gasteiger partial charge in [0.1, 0.15) is 0 Å². The van der Waals surface area contributed by atoms with Crippen LogP contribution < -0.4 is 20.6 Å². The second-order valence-corrected chi connectivity index (χ2v) is 14.8. The molecule has 3 aromatic rings. The van der Waals surface area contributed by atoms with Gasteiger partial charge in [-0.25, -0.2) is 4.98 Å². The predicted octanol–water partition coefficient (Wildman–Crippen LogP) is 3.80. The highest BCUT2D eigenvalue weighted by Gasteiger charge is 2.52. The van der Waals surface area contributed by atoms with Crippen LogP contribution in [0, 0.1) is 0 Å². The molecule has 1 saturated carbocycles. The molecule has 33 heavy (non-hydrogen) atoms. The Hall–Kier alpha value is -2.48. The van der Waals surface area contributed by atoms with E-state index in [1.807, 2.05) is 11.6 Å². The Labute approximate surface area is 202 Å². The van der Waals surface area contributed by atoms with Crippen molar-refractivity contribution in [2.45, 2.75) is 50.8 Å². The van der Waals surface area contributed by atoms with E-state index in [9.17, 15) is 4.79 Å². The van der Waals surface area contributed by atoms with Crippen molar-refractivity contribution >= 4 is 41.6 Å². The second-order valence-electron chi connectivity index (χ2n) is 9.68. The van der Waals surface area contributed by atoms with Crippen LogP contribution in [0.1, 0.15) is 33.6 Å². The number of hydrogen-bond donors (Lipinski definition) is 1. The molecule has 0 bridgehead atoms. The van der Waals surface area contributed by atoms with Crippen LogP contribution >= 0.6 is 11.3 Å². The summed E-state index contributed by atoms with van der Waals surface area (Å²) in [4.78, 5) is 16.3. The highest BCUT2D eigenvalue weighted by atomic mass is 32.1. The molecule has 1 aliphatic carbocycles. The Kier molecular flexibility index (Phi) is 7.31. The topological polar surface area (TPSA) is 54.5 Å². The van der Waals surface area contributed by atoms with Gasteiger partial charge < -0.3 is 14.6 Å². The lowest BCUT2D eigenvalue weighted by Crippen LogP contribution is -2.70. The summed E-state index contributed by atoms with van der Waals surface area (Å²) in [7, 11) is -2.44. The summed E-state index contributed by atoms with van der Waals surface area (Å²) in [6.45, 7) is 8.82. The van der Waals surface area contributed by atoms with Crippen molar-refractivity contribution in [2.24, 2.45) is 0 Å². The van der Waals surface area contributed by atoms with Crippen molar-refractivity contribution in [3.63, 3.8) is 0 Å². The van der Waals surface area contributed by atoms with Crippen LogP contribution in [0.3, 0.4) is 0 Å². The zero-order valence-corrected chi connectivity index (χ0v) is 21.4. The molecule has 1 amide bonds. The molecule has 174 valence electrons. The van der Waals surface area contributed by atoms with E-state index < -0.39 is 8.32 Å². The van der Waals surface area contributed by atoms with Crippen molar-refractivity contribution in [1.82, 2.24) is 10.3 Å². The third-order valence-corrected chi connectivity index (χ3v) is 12.1. The van der Waals surface area contributed by atoms with Crippen LogP contribution in [-0.4, -0.2) is 44.9 Å². The summed E-state index contributed by atoms with van der Waals surface area (Å²) in [6.07, 6.45) is 5.23. The lowest BCUT2D eigenvalue weighted by molar-refractivity contribution is -0.109. The summed E-state index contributed by atoms with van der Waals surface area (Å²) < 4.78 is 7.11. The van der Waals surface area contributed by atoms with Crippen molar-refractivity contribution in [3.8, 4) is 0 Å². The second kappa shape index (κ2) is 10.2. The highest BCUT2D eigenvalue weighted by molar-refractivity contribution is 7.13. The Bertz CT molecular complexity index is 960. The maximum atomic E-state index is 9.54. The van der Waals surface area contributed by atoms with E-state index in [0.29, 0.717) is 6.04 Å². The minimum absolute atomic E-state index is 0.0251. The van der Waals surface area contributed by atoms with Gasteiger partial charge in [-0.1, -0.05) is 81.4 Å². The Morgan fingerprint density at radius 3 is 2.00 bits per heavy atom. The Morgan fingerprint density at radius 2 is 1.61 bits per heavy atom. The molecule has 7 heteroatoms. The third kappa shape index (κ3) is 5.37. The number of aromatic nitrogens is 1. The molecule has 0 unspecified atom stereocenters. The smallest absolute Gasteiger partial charge is 0.261 e. The number of amides is 1. The minimum atomic E-state index is -2.44. The average Bonchev–Trinajstić information content (AvgIpc) is 3.44. The monoisotopic (exact) mass is 479 g/mol. The fourth-order valence-corrected chi connectivity index (χ4v) is 9.66. The molecule has 5 nitrogen and oxygen atoms in total. The van der Waals surface area contributed by atoms with Crippen LogP contribution in [-0.2, 0) is 9.22 Å². The molecule has 1 aliphatic heterocycles. The molecule has 0 radical (unpaired) electrons. The first-order valence-electron chi connectivity index (χ1n) is 11.6. The van der Waals surface area contributed by atoms with Gasteiger partial charge in [0.25, 0.3) is 8.32 Å². The number of nitrogens with one attached hydrogen (secondary N) is 1. The van der Waals surface area contributed by atoms with Crippen LogP contribution in [0.2, 0.25) is 5.04 Å². The molecule has 5 rings (SSSR count). The number of benzene rings is 2. The first-order chi connectivity index (χ1) is 15.9. The molecule has 2 aliphatic rings. The van der Waals surface area contributed by atoms with Crippen LogP contribution in [0.5, 0.6) is 0 Å². The van der Waals surface area contributed by atoms with Crippen molar-refractivity contribution in [1.29, 1.82) is 0 Å². The van der Waals surface area contributed by atoms with E-state index >= 15 is 0 Å². The van der Waals surface area contributed by atoms with E-state index in [-0.39, 0.29) is 11.1 Å². The molecular weight excluding hydrogens is 446 g/mol. The van der Waals surface area contributed by atoms with Gasteiger partial charge in [-0.05, 0) is 28.3 Å². The van der Waals surface area contributed by atoms with Gasteiger partial charge in [0, 0.05) is 30.7 Å². The standard InChI is InChI=1S/C22H26N2OSSi.C4H7NO/c1-22(2,3)27(19-10-6-4-7-11-19,20-12-8-5-9-13-20)25-18-16-24(17-18)21-23-14-15-26-21;6-3-5-4-1-2-4/h4-15,18H,16-17H2,1-3H3;3-4H,1-2H2,(H,5,6). The average molecular weight is 480 g/mol. The van der Waals surface area contributed by atoms with Crippen molar-refractivity contribution in [2.75, 3.05) is 18.0 Å². The van der Waals surface area contributed by atoms with Crippen molar-refractivity contribution < 1.29 is 9.22 Å². The van der Waals surface area contributed by atoms with E-state index in [1.165, 1.54) is 23.2 Å². The lowest BCUT2D eigenvalue weighted by atomic mass is 10.2. The summed E-state index contributed by atoms with van der Waals surface area (Å²) >= 11 is 1.70. The molecule has 2 aromatic carbocycles. The largest absolute Gasteiger partial charge is 0.401 e. The van der Waals surface area contributed by atoms with Crippen LogP contribution in [0.25, 0.3) is 0 Å². The first-order valence-corrected chi connectivity index (χ1v) is 14.4. The number of carbonyl (C=O) groups excluding carboxylic acids is 1. The zero-order valence-electron chi connectivity index (χ0n) is 19.6. The fraction of sp³-hybridized carbons (Fsp3) is 0.385. The lowest BCUT2D eigenvalue weighted by Gasteiger charge is -2.49. The maximum absolute atomic E-state index is 9.54. The molecule has 0 atom stereocenters. The number of hydrogen-bond acceptors (Lipinski definition) is 5. The minimum Gasteiger partial charge on any atom is -0.401 e. The maximum Gasteiger partial charge on any atom is 0.261 e. The quantitative estimate of drug-likeness (QED) is 0.414. The van der Waals surface area contributed by atoms with Gasteiger partial charge >= 0.3 is 0 Å². The highest BCUT2D eigenvalue weighted by Crippen LogP contribution is 2.39. The summed E-state index contributed by atoms with van der Waals surface area (Å²) in [6, 6.07) is 22.3. The SMILES string of the molecule is CC(C)(C)[Si](OC1CN(c2nccs2)C1)(c1ccccc1)c1ccccc1.O=CNC1CC1. The molecule has 2 fully saturated rings. The van der Waals surface area contributed by atoms with Gasteiger partial charge in [0.15, 0.2) is 5.13 Å². The fourth-order valence-electron chi connectivity index (χ4n) is 4.33. The number of anilines is 1. The van der Waals surface area contributed by atoms with Crippen molar-refractivity contribution in [3.05, 3.63) is 72.2 Å². The molecule has 1 aromatic heterocycles. The van der Waals surface area contributed by atoms with E-state index in [0.717, 1.165) is 24.6 Å². The third-order valence-electron chi connectivity index (χ3n) is 6.18. The van der Waals surface area contributed by atoms with Gasteiger partial charge in [-0.2, -0.15) is 0 Å². The van der Waals surface area contributed by atoms with Gasteiger partial charge in [0.05, 0.1) is 6.10 Å².